The third-order valence-corrected chi connectivity index (χ3v) is 3.73. The highest BCUT2D eigenvalue weighted by molar-refractivity contribution is 7.15. The van der Waals surface area contributed by atoms with E-state index in [9.17, 15) is 9.59 Å². The van der Waals surface area contributed by atoms with Gasteiger partial charge in [-0.25, -0.2) is 4.79 Å². The lowest BCUT2D eigenvalue weighted by Gasteiger charge is -2.07. The van der Waals surface area contributed by atoms with Crippen molar-refractivity contribution in [1.82, 2.24) is 0 Å². The van der Waals surface area contributed by atoms with E-state index in [2.05, 4.69) is 10.1 Å². The fourth-order valence-electron chi connectivity index (χ4n) is 1.72. The van der Waals surface area contributed by atoms with Crippen LogP contribution < -0.4 is 10.1 Å². The van der Waals surface area contributed by atoms with Gasteiger partial charge in [0.05, 0.1) is 13.5 Å². The lowest BCUT2D eigenvalue weighted by Crippen LogP contribution is -2.15. The molecule has 1 heterocycles. The largest absolute Gasteiger partial charge is 0.513 e. The van der Waals surface area contributed by atoms with Crippen molar-refractivity contribution >= 4 is 28.4 Å². The Kier molecular flexibility index (Phi) is 4.94. The van der Waals surface area contributed by atoms with Crippen molar-refractivity contribution in [3.05, 3.63) is 46.8 Å². The van der Waals surface area contributed by atoms with Gasteiger partial charge in [-0.3, -0.25) is 4.79 Å². The number of anilines is 1. The summed E-state index contributed by atoms with van der Waals surface area (Å²) >= 11 is 1.30. The number of aryl methyl sites for hydroxylation is 1. The number of methoxy groups -OCH3 is 1. The normalized spacial score (nSPS) is 10.0. The molecule has 5 nitrogen and oxygen atoms in total. The van der Waals surface area contributed by atoms with E-state index in [0.717, 1.165) is 11.1 Å². The van der Waals surface area contributed by atoms with Crippen molar-refractivity contribution in [2.75, 3.05) is 12.4 Å². The maximum absolute atomic E-state index is 12.0. The Labute approximate surface area is 126 Å². The van der Waals surface area contributed by atoms with Crippen molar-refractivity contribution in [2.24, 2.45) is 0 Å². The minimum absolute atomic E-state index is 0.169. The van der Waals surface area contributed by atoms with Crippen LogP contribution in [0.2, 0.25) is 0 Å². The zero-order valence-corrected chi connectivity index (χ0v) is 12.5. The van der Waals surface area contributed by atoms with Gasteiger partial charge in [0.15, 0.2) is 5.75 Å². The summed E-state index contributed by atoms with van der Waals surface area (Å²) in [6.07, 6.45) is -0.551. The van der Waals surface area contributed by atoms with Crippen molar-refractivity contribution < 1.29 is 19.1 Å². The molecule has 110 valence electrons. The van der Waals surface area contributed by atoms with Crippen molar-refractivity contribution in [3.63, 3.8) is 0 Å². The van der Waals surface area contributed by atoms with Crippen LogP contribution in [-0.4, -0.2) is 19.2 Å². The summed E-state index contributed by atoms with van der Waals surface area (Å²) in [4.78, 5) is 23.2. The Morgan fingerprint density at radius 2 is 1.95 bits per heavy atom. The van der Waals surface area contributed by atoms with Crippen LogP contribution in [0, 0.1) is 6.92 Å². The average molecular weight is 305 g/mol. The fraction of sp³-hybridized carbons (Fsp3) is 0.200. The molecular formula is C15H15NO4S. The first-order valence-electron chi connectivity index (χ1n) is 6.28. The van der Waals surface area contributed by atoms with Crippen LogP contribution in [0.3, 0.4) is 0 Å². The third-order valence-electron chi connectivity index (χ3n) is 2.73. The van der Waals surface area contributed by atoms with Gasteiger partial charge in [0.2, 0.25) is 5.91 Å². The molecule has 0 aliphatic rings. The summed E-state index contributed by atoms with van der Waals surface area (Å²) < 4.78 is 9.52. The molecular weight excluding hydrogens is 290 g/mol. The smallest absolute Gasteiger partial charge is 0.437 e. The number of carbonyl (C=O) groups excluding carboxylic acids is 2. The minimum Gasteiger partial charge on any atom is -0.437 e. The maximum Gasteiger partial charge on any atom is 0.513 e. The first-order chi connectivity index (χ1) is 10.1. The molecule has 0 saturated carbocycles. The molecule has 0 unspecified atom stereocenters. The molecule has 0 saturated heterocycles. The summed E-state index contributed by atoms with van der Waals surface area (Å²) in [5.74, 6) is 0.158. The lowest BCUT2D eigenvalue weighted by atomic mass is 10.1. The van der Waals surface area contributed by atoms with Gasteiger partial charge in [-0.1, -0.05) is 30.3 Å². The Hall–Kier alpha value is -2.34. The third kappa shape index (κ3) is 4.06. The number of nitrogens with one attached hydrogen (secondary N) is 1. The van der Waals surface area contributed by atoms with E-state index >= 15 is 0 Å². The number of rotatable bonds is 4. The van der Waals surface area contributed by atoms with Gasteiger partial charge in [-0.2, -0.15) is 0 Å². The highest BCUT2D eigenvalue weighted by atomic mass is 32.1. The molecule has 1 N–H and O–H groups in total. The van der Waals surface area contributed by atoms with Gasteiger partial charge < -0.3 is 14.8 Å². The molecule has 1 aromatic carbocycles. The number of benzene rings is 1. The van der Waals surface area contributed by atoms with Crippen LogP contribution >= 0.6 is 11.3 Å². The molecule has 2 rings (SSSR count). The quantitative estimate of drug-likeness (QED) is 0.879. The summed E-state index contributed by atoms with van der Waals surface area (Å²) in [6.45, 7) is 1.79. The number of hydrogen-bond donors (Lipinski definition) is 1. The molecule has 0 aliphatic heterocycles. The second-order valence-corrected chi connectivity index (χ2v) is 5.22. The van der Waals surface area contributed by atoms with Gasteiger partial charge in [0.25, 0.3) is 0 Å². The molecule has 0 atom stereocenters. The second-order valence-electron chi connectivity index (χ2n) is 4.34. The number of thiophene rings is 1. The second kappa shape index (κ2) is 6.90. The Bertz CT molecular complexity index is 636. The van der Waals surface area contributed by atoms with Gasteiger partial charge in [0, 0.05) is 5.56 Å². The van der Waals surface area contributed by atoms with Gasteiger partial charge in [-0.15, -0.1) is 11.3 Å². The lowest BCUT2D eigenvalue weighted by molar-refractivity contribution is -0.115. The molecule has 0 radical (unpaired) electrons. The van der Waals surface area contributed by atoms with Crippen LogP contribution in [-0.2, 0) is 16.0 Å². The first kappa shape index (κ1) is 15.1. The zero-order valence-electron chi connectivity index (χ0n) is 11.7. The number of amides is 1. The zero-order chi connectivity index (χ0) is 15.2. The summed E-state index contributed by atoms with van der Waals surface area (Å²) in [7, 11) is 1.23. The van der Waals surface area contributed by atoms with E-state index in [1.807, 2.05) is 30.3 Å². The summed E-state index contributed by atoms with van der Waals surface area (Å²) in [6, 6.07) is 9.41. The van der Waals surface area contributed by atoms with Crippen LogP contribution in [0.25, 0.3) is 0 Å². The monoisotopic (exact) mass is 305 g/mol. The van der Waals surface area contributed by atoms with Crippen LogP contribution in [0.1, 0.15) is 11.1 Å². The molecule has 0 aliphatic carbocycles. The standard InChI is InChI=1S/C15H15NO4S/c1-10-9-21-14(13(10)20-15(18)19-2)16-12(17)8-11-6-4-3-5-7-11/h3-7,9H,8H2,1-2H3,(H,16,17). The van der Waals surface area contributed by atoms with Gasteiger partial charge >= 0.3 is 6.16 Å². The van der Waals surface area contributed by atoms with Crippen molar-refractivity contribution in [2.45, 2.75) is 13.3 Å². The molecule has 0 bridgehead atoms. The SMILES string of the molecule is COC(=O)Oc1c(C)csc1NC(=O)Cc1ccccc1. The predicted octanol–water partition coefficient (Wildman–Crippen LogP) is 3.38. The highest BCUT2D eigenvalue weighted by Gasteiger charge is 2.16. The predicted molar refractivity (Wildman–Crippen MR) is 80.9 cm³/mol. The van der Waals surface area contributed by atoms with E-state index in [0.29, 0.717) is 10.8 Å². The maximum atomic E-state index is 12.0. The molecule has 0 spiro atoms. The van der Waals surface area contributed by atoms with E-state index < -0.39 is 6.16 Å². The Morgan fingerprint density at radius 1 is 1.24 bits per heavy atom. The van der Waals surface area contributed by atoms with E-state index in [4.69, 9.17) is 4.74 Å². The number of ether oxygens (including phenoxy) is 2. The Morgan fingerprint density at radius 3 is 2.62 bits per heavy atom. The Balaban J connectivity index is 2.06. The first-order valence-corrected chi connectivity index (χ1v) is 7.15. The topological polar surface area (TPSA) is 64.6 Å². The van der Waals surface area contributed by atoms with E-state index in [1.165, 1.54) is 18.4 Å². The van der Waals surface area contributed by atoms with Crippen LogP contribution in [0.15, 0.2) is 35.7 Å². The van der Waals surface area contributed by atoms with Crippen LogP contribution in [0.4, 0.5) is 9.80 Å². The number of hydrogen-bond acceptors (Lipinski definition) is 5. The van der Waals surface area contributed by atoms with Crippen molar-refractivity contribution in [3.8, 4) is 5.75 Å². The minimum atomic E-state index is -0.810. The average Bonchev–Trinajstić information content (AvgIpc) is 2.81. The highest BCUT2D eigenvalue weighted by Crippen LogP contribution is 2.35. The van der Waals surface area contributed by atoms with E-state index in [-0.39, 0.29) is 12.3 Å². The molecule has 0 fully saturated rings. The molecule has 21 heavy (non-hydrogen) atoms. The molecule has 6 heteroatoms. The number of carbonyl (C=O) groups is 2. The molecule has 1 aromatic heterocycles. The van der Waals surface area contributed by atoms with E-state index in [1.54, 1.807) is 12.3 Å². The van der Waals surface area contributed by atoms with Gasteiger partial charge in [0.1, 0.15) is 5.00 Å². The van der Waals surface area contributed by atoms with Crippen LogP contribution in [0.5, 0.6) is 5.75 Å². The summed E-state index contributed by atoms with van der Waals surface area (Å²) in [5, 5.41) is 5.06. The molecule has 2 aromatic rings. The fourth-order valence-corrected chi connectivity index (χ4v) is 2.61. The summed E-state index contributed by atoms with van der Waals surface area (Å²) in [5.41, 5.74) is 1.68. The van der Waals surface area contributed by atoms with Crippen molar-refractivity contribution in [1.29, 1.82) is 0 Å². The molecule has 1 amide bonds. The van der Waals surface area contributed by atoms with Gasteiger partial charge in [-0.05, 0) is 17.9 Å².